The SMILES string of the molecule is Cc1ccc2c(c1)B1c3cc(C)ccc3N(c3ccccc3)c3cc(-n4c5cc(-c6cc(-c7ccccc7)cc(-c7ccccc7)c6)ccc5c5ccc(-c6cc(-c7ccccc7)cc(-c7ccccc7)c6)cc54)cc(c31)N2c1ccccc1. The Morgan fingerprint density at radius 3 is 0.905 bits per heavy atom. The summed E-state index contributed by atoms with van der Waals surface area (Å²) in [6.07, 6.45) is 0. The van der Waals surface area contributed by atoms with Crippen LogP contribution in [-0.4, -0.2) is 11.3 Å². The van der Waals surface area contributed by atoms with Crippen LogP contribution < -0.4 is 26.2 Å². The van der Waals surface area contributed by atoms with Gasteiger partial charge in [0.1, 0.15) is 0 Å². The summed E-state index contributed by atoms with van der Waals surface area (Å²) in [6.45, 7) is 4.44. The van der Waals surface area contributed by atoms with E-state index in [2.05, 4.69) is 332 Å². The van der Waals surface area contributed by atoms with Gasteiger partial charge in [-0.1, -0.05) is 217 Å². The number of aromatic nitrogens is 1. The first-order valence-corrected chi connectivity index (χ1v) is 29.2. The van der Waals surface area contributed by atoms with Gasteiger partial charge >= 0.3 is 0 Å². The Bertz CT molecular complexity index is 4430. The molecule has 1 aromatic heterocycles. The summed E-state index contributed by atoms with van der Waals surface area (Å²) >= 11 is 0. The van der Waals surface area contributed by atoms with Gasteiger partial charge in [-0.05, 0) is 194 Å². The minimum Gasteiger partial charge on any atom is -0.311 e. The summed E-state index contributed by atoms with van der Waals surface area (Å²) in [6, 6.07) is 113. The summed E-state index contributed by atoms with van der Waals surface area (Å²) in [5.74, 6) is 0. The molecule has 394 valence electrons. The lowest BCUT2D eigenvalue weighted by atomic mass is 9.33. The van der Waals surface area contributed by atoms with Crippen molar-refractivity contribution >= 4 is 79.0 Å². The predicted molar refractivity (Wildman–Crippen MR) is 357 cm³/mol. The summed E-state index contributed by atoms with van der Waals surface area (Å²) < 4.78 is 2.57. The molecule has 0 saturated carbocycles. The molecular weight excluding hydrogens is 1010 g/mol. The first kappa shape index (κ1) is 49.2. The van der Waals surface area contributed by atoms with Crippen LogP contribution in [-0.2, 0) is 0 Å². The van der Waals surface area contributed by atoms with Crippen molar-refractivity contribution in [1.82, 2.24) is 4.57 Å². The Kier molecular flexibility index (Phi) is 11.8. The van der Waals surface area contributed by atoms with Crippen LogP contribution in [0.1, 0.15) is 11.1 Å². The van der Waals surface area contributed by atoms with Crippen molar-refractivity contribution in [1.29, 1.82) is 0 Å². The highest BCUT2D eigenvalue weighted by Gasteiger charge is 2.44. The van der Waals surface area contributed by atoms with Crippen LogP contribution in [0.15, 0.2) is 303 Å². The first-order chi connectivity index (χ1) is 41.5. The van der Waals surface area contributed by atoms with Gasteiger partial charge in [0.25, 0.3) is 6.71 Å². The van der Waals surface area contributed by atoms with Crippen molar-refractivity contribution in [2.24, 2.45) is 0 Å². The molecule has 3 heterocycles. The van der Waals surface area contributed by atoms with E-state index in [0.29, 0.717) is 0 Å². The molecule has 0 saturated heterocycles. The standard InChI is InChI=1S/C80H56BN3/c1-53-33-39-74-72(41-53)81-73-42-54(2)34-40-75(73)83(68-31-19-8-20-32-68)79-52-69(51-78(80(79)81)82(74)67-29-17-7-18-30-67)84-76-49-59(65-45-61(55-21-9-3-10-22-55)43-62(46-65)56-23-11-4-12-24-56)35-37-70(76)71-38-36-60(50-77(71)84)66-47-63(57-25-13-5-14-26-57)44-64(48-66)58-27-15-6-16-28-58/h3-52H,1-2H3. The molecule has 84 heavy (non-hydrogen) atoms. The Balaban J connectivity index is 1.01. The number of aryl methyl sites for hydroxylation is 2. The molecule has 2 aliphatic heterocycles. The minimum atomic E-state index is -0.0171. The molecule has 0 spiro atoms. The smallest absolute Gasteiger partial charge is 0.252 e. The molecule has 0 amide bonds. The fourth-order valence-corrected chi connectivity index (χ4v) is 13.5. The number of fused-ring (bicyclic) bond motifs is 7. The van der Waals surface area contributed by atoms with Crippen LogP contribution in [0.2, 0.25) is 0 Å². The molecule has 0 unspecified atom stereocenters. The lowest BCUT2D eigenvalue weighted by Gasteiger charge is -2.44. The zero-order chi connectivity index (χ0) is 55.8. The van der Waals surface area contributed by atoms with E-state index in [-0.39, 0.29) is 6.71 Å². The van der Waals surface area contributed by atoms with Gasteiger partial charge in [0, 0.05) is 44.9 Å². The number of anilines is 6. The topological polar surface area (TPSA) is 11.4 Å². The van der Waals surface area contributed by atoms with Crippen LogP contribution in [0.5, 0.6) is 0 Å². The first-order valence-electron chi connectivity index (χ1n) is 29.2. The van der Waals surface area contributed by atoms with Crippen molar-refractivity contribution < 1.29 is 0 Å². The molecule has 0 radical (unpaired) electrons. The second-order valence-electron chi connectivity index (χ2n) is 22.7. The molecule has 2 aliphatic rings. The summed E-state index contributed by atoms with van der Waals surface area (Å²) in [5.41, 5.74) is 30.8. The van der Waals surface area contributed by atoms with E-state index in [0.717, 1.165) is 61.7 Å². The van der Waals surface area contributed by atoms with Gasteiger partial charge in [0.15, 0.2) is 0 Å². The third-order valence-electron chi connectivity index (χ3n) is 17.4. The quantitative estimate of drug-likeness (QED) is 0.134. The lowest BCUT2D eigenvalue weighted by molar-refractivity contribution is 1.16. The zero-order valence-electron chi connectivity index (χ0n) is 46.8. The Morgan fingerprint density at radius 2 is 0.560 bits per heavy atom. The molecule has 16 rings (SSSR count). The predicted octanol–water partition coefficient (Wildman–Crippen LogP) is 19.5. The van der Waals surface area contributed by atoms with Gasteiger partial charge in [-0.3, -0.25) is 0 Å². The lowest BCUT2D eigenvalue weighted by Crippen LogP contribution is -2.61. The minimum absolute atomic E-state index is 0.0171. The second kappa shape index (κ2) is 20.1. The van der Waals surface area contributed by atoms with Gasteiger partial charge in [0.2, 0.25) is 0 Å². The maximum atomic E-state index is 2.57. The van der Waals surface area contributed by atoms with Gasteiger partial charge in [-0.15, -0.1) is 0 Å². The normalized spacial score (nSPS) is 12.3. The van der Waals surface area contributed by atoms with E-state index < -0.39 is 0 Å². The molecule has 4 heteroatoms. The molecule has 0 atom stereocenters. The highest BCUT2D eigenvalue weighted by atomic mass is 15.2. The van der Waals surface area contributed by atoms with Gasteiger partial charge in [-0.25, -0.2) is 0 Å². The molecular formula is C80H56BN3. The highest BCUT2D eigenvalue weighted by molar-refractivity contribution is 7.00. The number of hydrogen-bond acceptors (Lipinski definition) is 2. The van der Waals surface area contributed by atoms with Crippen LogP contribution >= 0.6 is 0 Å². The molecule has 0 fully saturated rings. The van der Waals surface area contributed by atoms with Crippen molar-refractivity contribution in [3.05, 3.63) is 314 Å². The van der Waals surface area contributed by atoms with Crippen LogP contribution in [0.3, 0.4) is 0 Å². The van der Waals surface area contributed by atoms with E-state index in [9.17, 15) is 0 Å². The van der Waals surface area contributed by atoms with E-state index in [4.69, 9.17) is 0 Å². The van der Waals surface area contributed by atoms with E-state index in [1.54, 1.807) is 0 Å². The van der Waals surface area contributed by atoms with Gasteiger partial charge < -0.3 is 14.4 Å². The molecule has 0 aliphatic carbocycles. The molecule has 13 aromatic carbocycles. The Labute approximate surface area is 491 Å². The van der Waals surface area contributed by atoms with Crippen molar-refractivity contribution in [3.63, 3.8) is 0 Å². The fourth-order valence-electron chi connectivity index (χ4n) is 13.5. The highest BCUT2D eigenvalue weighted by Crippen LogP contribution is 2.48. The maximum Gasteiger partial charge on any atom is 0.252 e. The summed E-state index contributed by atoms with van der Waals surface area (Å²) in [4.78, 5) is 5.06. The zero-order valence-corrected chi connectivity index (χ0v) is 46.8. The number of benzene rings is 13. The summed E-state index contributed by atoms with van der Waals surface area (Å²) in [7, 11) is 0. The van der Waals surface area contributed by atoms with E-state index in [1.807, 2.05) is 0 Å². The Hall–Kier alpha value is -10.7. The van der Waals surface area contributed by atoms with Crippen molar-refractivity contribution in [2.75, 3.05) is 9.80 Å². The fraction of sp³-hybridized carbons (Fsp3) is 0.0250. The number of nitrogens with zero attached hydrogens (tertiary/aromatic N) is 3. The van der Waals surface area contributed by atoms with Crippen LogP contribution in [0.4, 0.5) is 34.1 Å². The molecule has 14 aromatic rings. The maximum absolute atomic E-state index is 2.57. The van der Waals surface area contributed by atoms with Crippen molar-refractivity contribution in [2.45, 2.75) is 13.8 Å². The molecule has 3 nitrogen and oxygen atoms in total. The van der Waals surface area contributed by atoms with E-state index >= 15 is 0 Å². The third kappa shape index (κ3) is 8.37. The largest absolute Gasteiger partial charge is 0.311 e. The van der Waals surface area contributed by atoms with E-state index in [1.165, 1.54) is 94.2 Å². The van der Waals surface area contributed by atoms with Crippen LogP contribution in [0, 0.1) is 13.8 Å². The summed E-state index contributed by atoms with van der Waals surface area (Å²) in [5, 5.41) is 2.38. The monoisotopic (exact) mass is 1070 g/mol. The average Bonchev–Trinajstić information content (AvgIpc) is 1.18. The third-order valence-corrected chi connectivity index (χ3v) is 17.4. The second-order valence-corrected chi connectivity index (χ2v) is 22.7. The molecule has 0 bridgehead atoms. The van der Waals surface area contributed by atoms with Crippen LogP contribution in [0.25, 0.3) is 94.3 Å². The average molecular weight is 1070 g/mol. The Morgan fingerprint density at radius 1 is 0.238 bits per heavy atom. The number of para-hydroxylation sites is 2. The number of rotatable bonds is 9. The van der Waals surface area contributed by atoms with Gasteiger partial charge in [-0.2, -0.15) is 0 Å². The number of hydrogen-bond donors (Lipinski definition) is 0. The molecule has 0 N–H and O–H groups in total. The van der Waals surface area contributed by atoms with Crippen molar-refractivity contribution in [3.8, 4) is 72.4 Å². The van der Waals surface area contributed by atoms with Gasteiger partial charge in [0.05, 0.1) is 16.7 Å².